The van der Waals surface area contributed by atoms with Crippen molar-refractivity contribution < 1.29 is 9.90 Å². The molecular formula is C18H20N4O2. The Balaban J connectivity index is 1.69. The van der Waals surface area contributed by atoms with Crippen molar-refractivity contribution >= 4 is 16.9 Å². The molecule has 6 nitrogen and oxygen atoms in total. The van der Waals surface area contributed by atoms with Crippen LogP contribution in [0.25, 0.3) is 10.9 Å². The summed E-state index contributed by atoms with van der Waals surface area (Å²) in [6.07, 6.45) is 6.55. The number of para-hydroxylation sites is 1. The van der Waals surface area contributed by atoms with E-state index in [-0.39, 0.29) is 0 Å². The maximum atomic E-state index is 11.6. The molecule has 0 aliphatic heterocycles. The molecule has 0 saturated heterocycles. The van der Waals surface area contributed by atoms with Crippen LogP contribution in [0.3, 0.4) is 0 Å². The van der Waals surface area contributed by atoms with Crippen molar-refractivity contribution in [3.8, 4) is 0 Å². The van der Waals surface area contributed by atoms with Crippen LogP contribution in [0, 0.1) is 0 Å². The zero-order valence-corrected chi connectivity index (χ0v) is 13.5. The molecule has 3 rings (SSSR count). The van der Waals surface area contributed by atoms with Gasteiger partial charge in [-0.2, -0.15) is 0 Å². The Morgan fingerprint density at radius 1 is 1.29 bits per heavy atom. The molecule has 6 heteroatoms. The van der Waals surface area contributed by atoms with E-state index in [1.807, 2.05) is 37.4 Å². The molecule has 124 valence electrons. The number of H-pyrrole nitrogens is 1. The maximum absolute atomic E-state index is 11.6. The summed E-state index contributed by atoms with van der Waals surface area (Å²) in [4.78, 5) is 23.2. The van der Waals surface area contributed by atoms with Crippen LogP contribution in [0.2, 0.25) is 0 Å². The summed E-state index contributed by atoms with van der Waals surface area (Å²) in [5.74, 6) is -0.0845. The molecule has 3 N–H and O–H groups in total. The van der Waals surface area contributed by atoms with Crippen LogP contribution in [0.1, 0.15) is 23.9 Å². The fourth-order valence-electron chi connectivity index (χ4n) is 2.66. The number of hydrogen-bond acceptors (Lipinski definition) is 4. The van der Waals surface area contributed by atoms with Gasteiger partial charge in [0, 0.05) is 54.4 Å². The number of aryl methyl sites for hydroxylation is 1. The van der Waals surface area contributed by atoms with E-state index in [9.17, 15) is 9.90 Å². The van der Waals surface area contributed by atoms with Gasteiger partial charge in [-0.15, -0.1) is 0 Å². The first-order valence-corrected chi connectivity index (χ1v) is 7.98. The Hall–Kier alpha value is -2.73. The minimum atomic E-state index is -0.869. The highest BCUT2D eigenvalue weighted by atomic mass is 16.4. The highest BCUT2D eigenvalue weighted by Crippen LogP contribution is 2.19. The highest BCUT2D eigenvalue weighted by molar-refractivity contribution is 5.84. The third kappa shape index (κ3) is 3.60. The second-order valence-corrected chi connectivity index (χ2v) is 5.70. The van der Waals surface area contributed by atoms with Crippen LogP contribution in [0.5, 0.6) is 0 Å². The lowest BCUT2D eigenvalue weighted by molar-refractivity contribution is -0.139. The summed E-state index contributed by atoms with van der Waals surface area (Å²) in [6.45, 7) is 2.41. The van der Waals surface area contributed by atoms with E-state index in [1.54, 1.807) is 12.4 Å². The number of nitrogens with zero attached hydrogens (tertiary/aromatic N) is 2. The second kappa shape index (κ2) is 7.23. The predicted molar refractivity (Wildman–Crippen MR) is 91.7 cm³/mol. The molecule has 0 radical (unpaired) electrons. The number of hydrogen-bond donors (Lipinski definition) is 3. The van der Waals surface area contributed by atoms with Crippen LogP contribution in [0.4, 0.5) is 0 Å². The lowest BCUT2D eigenvalue weighted by Crippen LogP contribution is -2.38. The van der Waals surface area contributed by atoms with E-state index in [0.717, 1.165) is 34.3 Å². The van der Waals surface area contributed by atoms with Crippen molar-refractivity contribution in [1.82, 2.24) is 20.3 Å². The molecule has 0 unspecified atom stereocenters. The molecular weight excluding hydrogens is 304 g/mol. The molecule has 2 aromatic heterocycles. The van der Waals surface area contributed by atoms with E-state index in [0.29, 0.717) is 13.0 Å². The Labute approximate surface area is 140 Å². The van der Waals surface area contributed by atoms with Crippen LogP contribution >= 0.6 is 0 Å². The van der Waals surface area contributed by atoms with Crippen molar-refractivity contribution in [1.29, 1.82) is 0 Å². The number of benzene rings is 1. The van der Waals surface area contributed by atoms with E-state index >= 15 is 0 Å². The summed E-state index contributed by atoms with van der Waals surface area (Å²) >= 11 is 0. The third-order valence-electron chi connectivity index (χ3n) is 4.02. The number of aliphatic carboxylic acids is 1. The highest BCUT2D eigenvalue weighted by Gasteiger charge is 2.19. The Bertz CT molecular complexity index is 826. The van der Waals surface area contributed by atoms with E-state index < -0.39 is 12.0 Å². The smallest absolute Gasteiger partial charge is 0.321 e. The van der Waals surface area contributed by atoms with Gasteiger partial charge in [0.15, 0.2) is 0 Å². The third-order valence-corrected chi connectivity index (χ3v) is 4.02. The normalized spacial score (nSPS) is 12.4. The number of aromatic amines is 1. The summed E-state index contributed by atoms with van der Waals surface area (Å²) in [6, 6.07) is 7.21. The Morgan fingerprint density at radius 2 is 2.04 bits per heavy atom. The van der Waals surface area contributed by atoms with E-state index in [4.69, 9.17) is 0 Å². The first kappa shape index (κ1) is 16.1. The van der Waals surface area contributed by atoms with Gasteiger partial charge in [0.25, 0.3) is 0 Å². The lowest BCUT2D eigenvalue weighted by Gasteiger charge is -2.14. The molecule has 0 amide bonds. The standard InChI is InChI=1S/C18H20N4O2/c1-2-17-21-9-12(10-22-17)8-19-16(18(23)24)7-13-11-20-15-6-4-3-5-14(13)15/h3-6,9-11,16,19-20H,2,7-8H2,1H3,(H,23,24)/t16-/m0/s1. The Morgan fingerprint density at radius 3 is 2.75 bits per heavy atom. The zero-order valence-electron chi connectivity index (χ0n) is 13.5. The molecule has 24 heavy (non-hydrogen) atoms. The van der Waals surface area contributed by atoms with Crippen molar-refractivity contribution in [2.45, 2.75) is 32.4 Å². The Kier molecular flexibility index (Phi) is 4.86. The molecule has 1 atom stereocenters. The average molecular weight is 324 g/mol. The van der Waals surface area contributed by atoms with Crippen LogP contribution in [-0.4, -0.2) is 32.1 Å². The molecule has 0 aliphatic rings. The van der Waals surface area contributed by atoms with Crippen LogP contribution in [-0.2, 0) is 24.2 Å². The zero-order chi connectivity index (χ0) is 16.9. The number of nitrogens with one attached hydrogen (secondary N) is 2. The van der Waals surface area contributed by atoms with Gasteiger partial charge < -0.3 is 10.1 Å². The summed E-state index contributed by atoms with van der Waals surface area (Å²) < 4.78 is 0. The average Bonchev–Trinajstić information content (AvgIpc) is 3.02. The molecule has 0 spiro atoms. The van der Waals surface area contributed by atoms with Crippen LogP contribution < -0.4 is 5.32 Å². The molecule has 0 fully saturated rings. The first-order valence-electron chi connectivity index (χ1n) is 7.98. The molecule has 3 aromatic rings. The number of aromatic nitrogens is 3. The number of carboxylic acids is 1. The van der Waals surface area contributed by atoms with Gasteiger partial charge in [-0.25, -0.2) is 9.97 Å². The molecule has 2 heterocycles. The predicted octanol–water partition coefficient (Wildman–Crippen LogP) is 2.31. The number of fused-ring (bicyclic) bond motifs is 1. The number of rotatable bonds is 7. The minimum absolute atomic E-state index is 0.410. The van der Waals surface area contributed by atoms with E-state index in [2.05, 4.69) is 20.3 Å². The minimum Gasteiger partial charge on any atom is -0.480 e. The second-order valence-electron chi connectivity index (χ2n) is 5.70. The fraction of sp³-hybridized carbons (Fsp3) is 0.278. The van der Waals surface area contributed by atoms with Gasteiger partial charge in [-0.3, -0.25) is 10.1 Å². The van der Waals surface area contributed by atoms with Crippen molar-refractivity contribution in [2.75, 3.05) is 0 Å². The van der Waals surface area contributed by atoms with Gasteiger partial charge in [0.2, 0.25) is 0 Å². The van der Waals surface area contributed by atoms with Crippen molar-refractivity contribution in [2.24, 2.45) is 0 Å². The van der Waals surface area contributed by atoms with Gasteiger partial charge >= 0.3 is 5.97 Å². The van der Waals surface area contributed by atoms with Crippen LogP contribution in [0.15, 0.2) is 42.9 Å². The molecule has 0 saturated carbocycles. The summed E-state index contributed by atoms with van der Waals surface area (Å²) in [5, 5.41) is 13.6. The topological polar surface area (TPSA) is 90.9 Å². The maximum Gasteiger partial charge on any atom is 0.321 e. The van der Waals surface area contributed by atoms with Gasteiger partial charge in [0.1, 0.15) is 11.9 Å². The summed E-state index contributed by atoms with van der Waals surface area (Å²) in [5.41, 5.74) is 2.88. The lowest BCUT2D eigenvalue weighted by atomic mass is 10.0. The monoisotopic (exact) mass is 324 g/mol. The van der Waals surface area contributed by atoms with Crippen molar-refractivity contribution in [3.05, 3.63) is 59.8 Å². The number of carboxylic acid groups (broad SMARTS) is 1. The van der Waals surface area contributed by atoms with Gasteiger partial charge in [-0.05, 0) is 11.6 Å². The molecule has 1 aromatic carbocycles. The fourth-order valence-corrected chi connectivity index (χ4v) is 2.66. The quantitative estimate of drug-likeness (QED) is 0.620. The first-order chi connectivity index (χ1) is 11.7. The SMILES string of the molecule is CCc1ncc(CN[C@@H](Cc2c[nH]c3ccccc23)C(=O)O)cn1. The van der Waals surface area contributed by atoms with Gasteiger partial charge in [-0.1, -0.05) is 25.1 Å². The van der Waals surface area contributed by atoms with Gasteiger partial charge in [0.05, 0.1) is 0 Å². The number of carbonyl (C=O) groups is 1. The van der Waals surface area contributed by atoms with Crippen molar-refractivity contribution in [3.63, 3.8) is 0 Å². The molecule has 0 bridgehead atoms. The largest absolute Gasteiger partial charge is 0.480 e. The molecule has 0 aliphatic carbocycles. The van der Waals surface area contributed by atoms with E-state index in [1.165, 1.54) is 0 Å². The summed E-state index contributed by atoms with van der Waals surface area (Å²) in [7, 11) is 0.